The molecule has 13 rings (SSSR count). The van der Waals surface area contributed by atoms with Crippen molar-refractivity contribution in [1.29, 1.82) is 10.5 Å². The zero-order valence-electron chi connectivity index (χ0n) is 42.7. The summed E-state index contributed by atoms with van der Waals surface area (Å²) in [7, 11) is 0. The van der Waals surface area contributed by atoms with Gasteiger partial charge >= 0.3 is 0 Å². The normalized spacial score (nSPS) is 10.8. The van der Waals surface area contributed by atoms with E-state index in [1.807, 2.05) is 179 Å². The van der Waals surface area contributed by atoms with Crippen LogP contribution in [0.3, 0.4) is 0 Å². The molecule has 0 bridgehead atoms. The van der Waals surface area contributed by atoms with Crippen LogP contribution in [0.1, 0.15) is 27.8 Å². The third-order valence-corrected chi connectivity index (χ3v) is 13.6. The number of hydrogen-bond acceptors (Lipinski definition) is 8. The van der Waals surface area contributed by atoms with Crippen LogP contribution in [0.5, 0.6) is 0 Å². The molecule has 6 heterocycles. The molecule has 79 heavy (non-hydrogen) atoms. The highest BCUT2D eigenvalue weighted by atomic mass is 16.3. The summed E-state index contributed by atoms with van der Waals surface area (Å²) in [5, 5.41) is 45.8. The van der Waals surface area contributed by atoms with Gasteiger partial charge in [0.25, 0.3) is 0 Å². The molecule has 0 aliphatic carbocycles. The number of aliphatic hydroxyl groups excluding tert-OH is 3. The molecule has 0 spiro atoms. The van der Waals surface area contributed by atoms with Gasteiger partial charge in [0.2, 0.25) is 0 Å². The number of nitrogens with zero attached hydrogens (tertiary/aromatic N) is 8. The van der Waals surface area contributed by atoms with Gasteiger partial charge in [0.05, 0.1) is 60.2 Å². The van der Waals surface area contributed by atoms with Crippen LogP contribution in [0, 0.1) is 22.7 Å². The Morgan fingerprint density at radius 3 is 1.08 bits per heavy atom. The molecule has 0 unspecified atom stereocenters. The first kappa shape index (κ1) is 50.6. The molecule has 0 saturated heterocycles. The lowest BCUT2D eigenvalue weighted by Crippen LogP contribution is -1.87. The van der Waals surface area contributed by atoms with Gasteiger partial charge in [0, 0.05) is 53.9 Å². The van der Waals surface area contributed by atoms with Crippen LogP contribution in [0.4, 0.5) is 0 Å². The largest absolute Gasteiger partial charge is 0.392 e. The zero-order valence-corrected chi connectivity index (χ0v) is 42.7. The second-order valence-electron chi connectivity index (χ2n) is 18.8. The van der Waals surface area contributed by atoms with E-state index in [0.717, 1.165) is 101 Å². The lowest BCUT2D eigenvalue weighted by Gasteiger charge is -2.04. The molecule has 11 nitrogen and oxygen atoms in total. The van der Waals surface area contributed by atoms with Crippen molar-refractivity contribution in [1.82, 2.24) is 28.2 Å². The van der Waals surface area contributed by atoms with Gasteiger partial charge in [-0.2, -0.15) is 10.5 Å². The number of imidazole rings is 3. The Labute approximate surface area is 456 Å². The average Bonchev–Trinajstić information content (AvgIpc) is 4.36. The fourth-order valence-corrected chi connectivity index (χ4v) is 9.32. The van der Waals surface area contributed by atoms with Crippen molar-refractivity contribution in [2.75, 3.05) is 0 Å². The van der Waals surface area contributed by atoms with Crippen LogP contribution in [0.2, 0.25) is 0 Å². The molecule has 6 aromatic heterocycles. The summed E-state index contributed by atoms with van der Waals surface area (Å²) >= 11 is 0. The number of pyridine rings is 3. The van der Waals surface area contributed by atoms with E-state index in [4.69, 9.17) is 20.6 Å². The number of aromatic nitrogens is 6. The van der Waals surface area contributed by atoms with Gasteiger partial charge in [-0.1, -0.05) is 146 Å². The molecule has 0 aliphatic heterocycles. The highest BCUT2D eigenvalue weighted by Gasteiger charge is 2.11. The number of nitriles is 2. The monoisotopic (exact) mass is 1030 g/mol. The van der Waals surface area contributed by atoms with Crippen LogP contribution in [-0.2, 0) is 19.8 Å². The molecule has 0 amide bonds. The molecule has 7 aromatic carbocycles. The summed E-state index contributed by atoms with van der Waals surface area (Å²) in [6, 6.07) is 73.9. The number of fused-ring (bicyclic) bond motifs is 3. The van der Waals surface area contributed by atoms with E-state index >= 15 is 0 Å². The minimum Gasteiger partial charge on any atom is -0.392 e. The first-order valence-corrected chi connectivity index (χ1v) is 25.6. The predicted molar refractivity (Wildman–Crippen MR) is 311 cm³/mol. The van der Waals surface area contributed by atoms with E-state index in [-0.39, 0.29) is 19.8 Å². The lowest BCUT2D eigenvalue weighted by molar-refractivity contribution is 0.281. The van der Waals surface area contributed by atoms with Crippen LogP contribution >= 0.6 is 0 Å². The smallest absolute Gasteiger partial charge is 0.137 e. The maximum absolute atomic E-state index is 9.31. The molecule has 0 atom stereocenters. The van der Waals surface area contributed by atoms with Crippen molar-refractivity contribution in [2.24, 2.45) is 0 Å². The Bertz CT molecular complexity index is 4340. The highest BCUT2D eigenvalue weighted by Crippen LogP contribution is 2.29. The molecule has 380 valence electrons. The summed E-state index contributed by atoms with van der Waals surface area (Å²) in [5.74, 6) is 0. The van der Waals surface area contributed by atoms with Crippen LogP contribution < -0.4 is 0 Å². The Morgan fingerprint density at radius 2 is 0.633 bits per heavy atom. The number of hydrogen-bond donors (Lipinski definition) is 3. The average molecular weight is 1030 g/mol. The maximum atomic E-state index is 9.31. The standard InChI is InChI=1S/C26H20N2O.2C21H15N3O/c29-18-19-6-8-22(9-7-19)24-14-15-26-27-25(17-28(26)16-24)23-12-10-21(11-13-23)20-4-2-1-3-5-20;22-11-15-3-1-6-18(9-15)20-13-24-12-19(7-8-21(24)23-20)17-5-2-4-16(10-17)14-25;22-11-16-2-1-3-18(10-16)20-13-24-12-19(8-9-21(24)23-20)17-6-4-15(14-25)5-7-17/h1-17,29H,18H2;2*1-10,12-13,25H,14H2. The zero-order chi connectivity index (χ0) is 54.1. The predicted octanol–water partition coefficient (Wildman–Crippen LogP) is 13.9. The quantitative estimate of drug-likeness (QED) is 0.122. The second-order valence-corrected chi connectivity index (χ2v) is 18.8. The molecular weight excluding hydrogens is 977 g/mol. The summed E-state index contributed by atoms with van der Waals surface area (Å²) in [5.41, 5.74) is 21.1. The van der Waals surface area contributed by atoms with Crippen LogP contribution in [-0.4, -0.2) is 43.5 Å². The van der Waals surface area contributed by atoms with E-state index < -0.39 is 0 Å². The SMILES string of the molecule is N#Cc1cccc(-c2cn3cc(-c4ccc(CO)cc4)ccc3n2)c1.N#Cc1cccc(-c2cn3cc(-c4cccc(CO)c4)ccc3n2)c1.OCc1ccc(-c2ccc3nc(-c4ccc(-c5ccccc5)cc4)cn3c2)cc1. The fraction of sp³-hybridized carbons (Fsp3) is 0.0441. The van der Waals surface area contributed by atoms with Gasteiger partial charge in [-0.25, -0.2) is 15.0 Å². The number of rotatable bonds is 10. The van der Waals surface area contributed by atoms with Crippen molar-refractivity contribution in [3.8, 4) is 90.4 Å². The molecular formula is C68H50N8O3. The summed E-state index contributed by atoms with van der Waals surface area (Å²) < 4.78 is 6.04. The molecule has 11 heteroatoms. The summed E-state index contributed by atoms with van der Waals surface area (Å²) in [4.78, 5) is 14.1. The van der Waals surface area contributed by atoms with Crippen molar-refractivity contribution in [3.63, 3.8) is 0 Å². The van der Waals surface area contributed by atoms with E-state index in [9.17, 15) is 10.2 Å². The molecule has 13 aromatic rings. The minimum absolute atomic E-state index is 0.0283. The van der Waals surface area contributed by atoms with Crippen LogP contribution in [0.25, 0.3) is 95.2 Å². The summed E-state index contributed by atoms with van der Waals surface area (Å²) in [6.07, 6.45) is 12.2. The van der Waals surface area contributed by atoms with Crippen LogP contribution in [0.15, 0.2) is 250 Å². The Balaban J connectivity index is 0.000000126. The Morgan fingerprint density at radius 1 is 0.291 bits per heavy atom. The van der Waals surface area contributed by atoms with Gasteiger partial charge < -0.3 is 28.5 Å². The molecule has 0 saturated carbocycles. The molecule has 0 aliphatic rings. The maximum Gasteiger partial charge on any atom is 0.137 e. The van der Waals surface area contributed by atoms with Gasteiger partial charge in [-0.15, -0.1) is 0 Å². The van der Waals surface area contributed by atoms with Gasteiger partial charge in [-0.3, -0.25) is 0 Å². The second kappa shape index (κ2) is 23.2. The van der Waals surface area contributed by atoms with E-state index in [0.29, 0.717) is 11.1 Å². The molecule has 0 fully saturated rings. The van der Waals surface area contributed by atoms with Gasteiger partial charge in [0.1, 0.15) is 16.9 Å². The first-order valence-electron chi connectivity index (χ1n) is 25.6. The van der Waals surface area contributed by atoms with Gasteiger partial charge in [-0.05, 0) is 128 Å². The number of aliphatic hydroxyl groups is 3. The first-order chi connectivity index (χ1) is 38.8. The van der Waals surface area contributed by atoms with E-state index in [1.165, 1.54) is 11.1 Å². The summed E-state index contributed by atoms with van der Waals surface area (Å²) in [6.45, 7) is 0.139. The Kier molecular flexibility index (Phi) is 14.8. The topological polar surface area (TPSA) is 160 Å². The van der Waals surface area contributed by atoms with Crippen molar-refractivity contribution in [2.45, 2.75) is 19.8 Å². The Hall–Kier alpha value is -10.5. The van der Waals surface area contributed by atoms with E-state index in [1.54, 1.807) is 12.1 Å². The number of benzene rings is 7. The molecule has 0 radical (unpaired) electrons. The van der Waals surface area contributed by atoms with Crippen molar-refractivity contribution >= 4 is 16.9 Å². The lowest BCUT2D eigenvalue weighted by atomic mass is 10.0. The van der Waals surface area contributed by atoms with E-state index in [2.05, 4.69) is 93.5 Å². The van der Waals surface area contributed by atoms with Gasteiger partial charge in [0.15, 0.2) is 0 Å². The molecule has 3 N–H and O–H groups in total. The fourth-order valence-electron chi connectivity index (χ4n) is 9.32. The highest BCUT2D eigenvalue weighted by molar-refractivity contribution is 5.73. The van der Waals surface area contributed by atoms with Crippen molar-refractivity contribution < 1.29 is 15.3 Å². The third-order valence-electron chi connectivity index (χ3n) is 13.6. The minimum atomic E-state index is 0.0283. The third kappa shape index (κ3) is 11.5. The van der Waals surface area contributed by atoms with Crippen molar-refractivity contribution in [3.05, 3.63) is 277 Å².